The fourth-order valence-electron chi connectivity index (χ4n) is 4.94. The molecule has 0 spiro atoms. The molecule has 0 saturated heterocycles. The molecule has 2 aromatic heterocycles. The molecule has 5 rings (SSSR count). The van der Waals surface area contributed by atoms with E-state index in [-0.39, 0.29) is 0 Å². The van der Waals surface area contributed by atoms with E-state index in [1.165, 1.54) is 20.2 Å². The van der Waals surface area contributed by atoms with Crippen LogP contribution in [-0.4, -0.2) is 37.9 Å². The van der Waals surface area contributed by atoms with Crippen molar-refractivity contribution in [2.45, 2.75) is 52.9 Å². The van der Waals surface area contributed by atoms with Crippen molar-refractivity contribution >= 4 is 34.3 Å². The molecule has 0 fully saturated rings. The molecule has 10 nitrogen and oxygen atoms in total. The van der Waals surface area contributed by atoms with Crippen LogP contribution in [0, 0.1) is 0 Å². The molecule has 0 bridgehead atoms. The SMILES string of the molecule is CCCCCC/C(=N\OC(C)=O)c1cn(-c2ccc(/C(=N/OC(C)=O)c3cnc[nH]3)cc2)c2ccc(Oc3ccccc3)cc12. The number of benzene rings is 3. The van der Waals surface area contributed by atoms with E-state index >= 15 is 0 Å². The number of hydrogen-bond donors (Lipinski definition) is 1. The Kier molecular flexibility index (Phi) is 10.2. The maximum atomic E-state index is 11.8. The minimum Gasteiger partial charge on any atom is -0.457 e. The lowest BCUT2D eigenvalue weighted by Crippen LogP contribution is -2.07. The van der Waals surface area contributed by atoms with Gasteiger partial charge < -0.3 is 24.0 Å². The Hall–Kier alpha value is -5.51. The summed E-state index contributed by atoms with van der Waals surface area (Å²) in [6.45, 7) is 4.81. The van der Waals surface area contributed by atoms with Gasteiger partial charge in [0.05, 0.1) is 29.4 Å². The summed E-state index contributed by atoms with van der Waals surface area (Å²) in [6, 6.07) is 23.2. The Morgan fingerprint density at radius 2 is 1.62 bits per heavy atom. The monoisotopic (exact) mass is 605 g/mol. The summed E-state index contributed by atoms with van der Waals surface area (Å²) in [5.41, 5.74) is 5.11. The van der Waals surface area contributed by atoms with Gasteiger partial charge in [-0.05, 0) is 55.3 Å². The Bertz CT molecular complexity index is 1810. The number of nitrogens with zero attached hydrogens (tertiary/aromatic N) is 4. The molecule has 45 heavy (non-hydrogen) atoms. The third kappa shape index (κ3) is 7.91. The molecular weight excluding hydrogens is 570 g/mol. The number of fused-ring (bicyclic) bond motifs is 1. The summed E-state index contributed by atoms with van der Waals surface area (Å²) in [4.78, 5) is 40.5. The summed E-state index contributed by atoms with van der Waals surface area (Å²) in [5, 5.41) is 9.27. The van der Waals surface area contributed by atoms with Crippen molar-refractivity contribution < 1.29 is 24.0 Å². The number of ether oxygens (including phenoxy) is 1. The molecule has 230 valence electrons. The zero-order valence-electron chi connectivity index (χ0n) is 25.5. The quantitative estimate of drug-likeness (QED) is 0.0636. The topological polar surface area (TPSA) is 120 Å². The fourth-order valence-corrected chi connectivity index (χ4v) is 4.94. The van der Waals surface area contributed by atoms with E-state index in [0.29, 0.717) is 29.3 Å². The number of oxime groups is 2. The normalized spacial score (nSPS) is 11.9. The van der Waals surface area contributed by atoms with Crippen LogP contribution in [0.1, 0.15) is 69.7 Å². The van der Waals surface area contributed by atoms with E-state index in [0.717, 1.165) is 59.2 Å². The number of rotatable bonds is 13. The van der Waals surface area contributed by atoms with Crippen LogP contribution in [0.25, 0.3) is 16.6 Å². The van der Waals surface area contributed by atoms with Gasteiger partial charge in [-0.2, -0.15) is 0 Å². The van der Waals surface area contributed by atoms with Gasteiger partial charge in [-0.15, -0.1) is 0 Å². The van der Waals surface area contributed by atoms with E-state index in [9.17, 15) is 9.59 Å². The van der Waals surface area contributed by atoms with Crippen LogP contribution in [0.4, 0.5) is 0 Å². The average Bonchev–Trinajstić information content (AvgIpc) is 3.70. The van der Waals surface area contributed by atoms with Crippen LogP contribution < -0.4 is 4.74 Å². The number of aromatic amines is 1. The Morgan fingerprint density at radius 1 is 0.867 bits per heavy atom. The van der Waals surface area contributed by atoms with E-state index < -0.39 is 11.9 Å². The second kappa shape index (κ2) is 14.8. The average molecular weight is 606 g/mol. The molecular formula is C35H35N5O5. The molecule has 5 aromatic rings. The smallest absolute Gasteiger partial charge is 0.332 e. The first-order valence-electron chi connectivity index (χ1n) is 14.9. The zero-order chi connectivity index (χ0) is 31.6. The molecule has 0 saturated carbocycles. The number of nitrogens with one attached hydrogen (secondary N) is 1. The summed E-state index contributed by atoms with van der Waals surface area (Å²) >= 11 is 0. The van der Waals surface area contributed by atoms with Crippen molar-refractivity contribution in [2.24, 2.45) is 10.3 Å². The van der Waals surface area contributed by atoms with Crippen LogP contribution in [0.2, 0.25) is 0 Å². The summed E-state index contributed by atoms with van der Waals surface area (Å²) in [7, 11) is 0. The Balaban J connectivity index is 1.58. The highest BCUT2D eigenvalue weighted by atomic mass is 16.7. The van der Waals surface area contributed by atoms with E-state index in [4.69, 9.17) is 14.4 Å². The standard InChI is InChI=1S/C35H35N5O5/c1-4-5-6-10-13-32(38-44-24(2)41)31-22-40(34-19-18-29(20-30(31)34)43-28-11-8-7-9-12-28)27-16-14-26(15-17-27)35(39-45-25(3)42)33-21-36-23-37-33/h7-9,11-12,14-23H,4-6,10,13H2,1-3H3,(H,36,37)/b38-32+,39-35-. The maximum Gasteiger partial charge on any atom is 0.332 e. The van der Waals surface area contributed by atoms with Gasteiger partial charge in [0.2, 0.25) is 0 Å². The molecule has 10 heteroatoms. The maximum absolute atomic E-state index is 11.8. The van der Waals surface area contributed by atoms with Gasteiger partial charge in [0.25, 0.3) is 0 Å². The number of imidazole rings is 1. The third-order valence-corrected chi connectivity index (χ3v) is 7.06. The third-order valence-electron chi connectivity index (χ3n) is 7.06. The first kappa shape index (κ1) is 30.9. The molecule has 0 amide bonds. The largest absolute Gasteiger partial charge is 0.457 e. The van der Waals surface area contributed by atoms with Crippen molar-refractivity contribution in [3.05, 3.63) is 108 Å². The predicted octanol–water partition coefficient (Wildman–Crippen LogP) is 7.70. The van der Waals surface area contributed by atoms with Gasteiger partial charge >= 0.3 is 11.9 Å². The molecule has 0 atom stereocenters. The number of unbranched alkanes of at least 4 members (excludes halogenated alkanes) is 3. The summed E-state index contributed by atoms with van der Waals surface area (Å²) in [6.07, 6.45) is 9.99. The van der Waals surface area contributed by atoms with Crippen LogP contribution in [0.5, 0.6) is 11.5 Å². The number of aromatic nitrogens is 3. The second-order valence-corrected chi connectivity index (χ2v) is 10.5. The van der Waals surface area contributed by atoms with Gasteiger partial charge in [-0.25, -0.2) is 14.6 Å². The molecule has 0 aliphatic rings. The van der Waals surface area contributed by atoms with E-state index in [2.05, 4.69) is 31.8 Å². The van der Waals surface area contributed by atoms with Crippen molar-refractivity contribution in [3.63, 3.8) is 0 Å². The Labute approximate surface area is 261 Å². The minimum absolute atomic E-state index is 0.442. The summed E-state index contributed by atoms with van der Waals surface area (Å²) in [5.74, 6) is 0.403. The molecule has 0 aliphatic carbocycles. The van der Waals surface area contributed by atoms with Crippen LogP contribution in [0.15, 0.2) is 102 Å². The minimum atomic E-state index is -0.522. The molecule has 0 radical (unpaired) electrons. The predicted molar refractivity (Wildman–Crippen MR) is 173 cm³/mol. The molecule has 0 aliphatic heterocycles. The van der Waals surface area contributed by atoms with Gasteiger partial charge in [-0.1, -0.05) is 66.8 Å². The molecule has 2 heterocycles. The van der Waals surface area contributed by atoms with Gasteiger partial charge in [0, 0.05) is 42.2 Å². The number of carbonyl (C=O) groups is 2. The lowest BCUT2D eigenvalue weighted by molar-refractivity contribution is -0.141. The van der Waals surface area contributed by atoms with Crippen molar-refractivity contribution in [1.82, 2.24) is 14.5 Å². The highest BCUT2D eigenvalue weighted by Gasteiger charge is 2.18. The lowest BCUT2D eigenvalue weighted by atomic mass is 10.0. The Morgan fingerprint density at radius 3 is 2.31 bits per heavy atom. The van der Waals surface area contributed by atoms with Crippen LogP contribution >= 0.6 is 0 Å². The van der Waals surface area contributed by atoms with Gasteiger partial charge in [0.15, 0.2) is 0 Å². The fraction of sp³-hybridized carbons (Fsp3) is 0.229. The number of para-hydroxylation sites is 1. The molecule has 1 N–H and O–H groups in total. The molecule has 0 unspecified atom stereocenters. The van der Waals surface area contributed by atoms with Gasteiger partial charge in [0.1, 0.15) is 17.2 Å². The zero-order valence-corrected chi connectivity index (χ0v) is 25.5. The van der Waals surface area contributed by atoms with Crippen molar-refractivity contribution in [3.8, 4) is 17.2 Å². The lowest BCUT2D eigenvalue weighted by Gasteiger charge is -2.09. The number of hydrogen-bond acceptors (Lipinski definition) is 8. The highest BCUT2D eigenvalue weighted by Crippen LogP contribution is 2.32. The first-order chi connectivity index (χ1) is 21.9. The summed E-state index contributed by atoms with van der Waals surface area (Å²) < 4.78 is 8.24. The van der Waals surface area contributed by atoms with Gasteiger partial charge in [-0.3, -0.25) is 0 Å². The van der Waals surface area contributed by atoms with E-state index in [1.807, 2.05) is 79.0 Å². The van der Waals surface area contributed by atoms with Crippen LogP contribution in [0.3, 0.4) is 0 Å². The highest BCUT2D eigenvalue weighted by molar-refractivity contribution is 6.12. The van der Waals surface area contributed by atoms with Crippen molar-refractivity contribution in [2.75, 3.05) is 0 Å². The van der Waals surface area contributed by atoms with E-state index in [1.54, 1.807) is 6.20 Å². The van der Waals surface area contributed by atoms with Crippen LogP contribution in [-0.2, 0) is 19.3 Å². The number of carbonyl (C=O) groups excluding carboxylic acids is 2. The second-order valence-electron chi connectivity index (χ2n) is 10.5. The number of H-pyrrole nitrogens is 1. The first-order valence-corrected chi connectivity index (χ1v) is 14.9. The molecule has 3 aromatic carbocycles. The van der Waals surface area contributed by atoms with Crippen molar-refractivity contribution in [1.29, 1.82) is 0 Å².